The van der Waals surface area contributed by atoms with Gasteiger partial charge in [0.25, 0.3) is 0 Å². The maximum atomic E-state index is 13.5. The molecule has 21 heteroatoms. The summed E-state index contributed by atoms with van der Waals surface area (Å²) in [6.45, 7) is 12.0. The summed E-state index contributed by atoms with van der Waals surface area (Å²) in [5.74, 6) is -4.34. The van der Waals surface area contributed by atoms with Crippen LogP contribution >= 0.6 is 11.3 Å². The zero-order chi connectivity index (χ0) is 54.7. The number of allylic oxidation sites excluding steroid dienone is 1. The Morgan fingerprint density at radius 2 is 1.18 bits per heavy atom. The molecule has 2 atom stereocenters. The number of benzene rings is 4. The number of carbonyl (C=O) groups is 8. The third kappa shape index (κ3) is 20.0. The molecule has 20 nitrogen and oxygen atoms in total. The number of nitrogens with zero attached hydrogens (tertiary/aromatic N) is 2. The van der Waals surface area contributed by atoms with Crippen molar-refractivity contribution in [2.45, 2.75) is 44.3 Å². The number of para-hydroxylation sites is 1. The normalized spacial score (nSPS) is 11.4. The fraction of sp³-hybridized carbons (Fsp3) is 0.236. The second kappa shape index (κ2) is 30.7. The van der Waals surface area contributed by atoms with E-state index in [1.54, 1.807) is 18.2 Å². The molecule has 5 aromatic rings. The molecule has 0 aliphatic carbocycles. The molecule has 0 amide bonds. The molecule has 0 saturated heterocycles. The number of thiazole rings is 1. The van der Waals surface area contributed by atoms with E-state index >= 15 is 0 Å². The standard InChI is InChI=1S/C55H53N3O17S/c1-5-40(59)12-11-15-51(63)73-43(34-71-49(61)7-3)32-69-41-21-17-37(18-22-41)53(65)68-28-26-36-16-25-46(39(30-36)31-56-58-55-57-45-13-9-10-14-47(45)76-55)75-54(66)38-19-23-42(24-20-38)70-33-44(35-72-50(62)8-4)74-52(64)27-29-67-48(60)6-2/h5-10,13-14,16-25,30-31,43-44H,1-4,11-12,15,26-29,32-35H2,(H,57,58)/b56-31+. The van der Waals surface area contributed by atoms with Gasteiger partial charge in [0.05, 0.1) is 40.6 Å². The number of ether oxygens (including phenoxy) is 9. The first-order valence-corrected chi connectivity index (χ1v) is 24.1. The molecule has 5 rings (SSSR count). The zero-order valence-electron chi connectivity index (χ0n) is 41.1. The first kappa shape index (κ1) is 57.7. The molecule has 0 aliphatic heterocycles. The molecule has 1 heterocycles. The molecule has 2 unspecified atom stereocenters. The summed E-state index contributed by atoms with van der Waals surface area (Å²) >= 11 is 1.40. The van der Waals surface area contributed by atoms with Crippen LogP contribution in [0.25, 0.3) is 10.2 Å². The maximum absolute atomic E-state index is 13.5. The van der Waals surface area contributed by atoms with Gasteiger partial charge in [-0.1, -0.05) is 55.9 Å². The molecule has 4 aromatic carbocycles. The van der Waals surface area contributed by atoms with E-state index in [-0.39, 0.29) is 100 Å². The molecule has 0 radical (unpaired) electrons. The highest BCUT2D eigenvalue weighted by Crippen LogP contribution is 2.26. The smallest absolute Gasteiger partial charge is 0.343 e. The van der Waals surface area contributed by atoms with Crippen LogP contribution in [0.2, 0.25) is 0 Å². The number of esters is 7. The second-order valence-corrected chi connectivity index (χ2v) is 16.7. The third-order valence-electron chi connectivity index (χ3n) is 10.1. The van der Waals surface area contributed by atoms with Crippen molar-refractivity contribution in [2.75, 3.05) is 45.1 Å². The third-order valence-corrected chi connectivity index (χ3v) is 11.1. The van der Waals surface area contributed by atoms with Crippen LogP contribution < -0.4 is 19.6 Å². The van der Waals surface area contributed by atoms with E-state index in [9.17, 15) is 38.4 Å². The van der Waals surface area contributed by atoms with E-state index in [1.807, 2.05) is 24.3 Å². The molecule has 76 heavy (non-hydrogen) atoms. The Morgan fingerprint density at radius 1 is 0.605 bits per heavy atom. The Kier molecular flexibility index (Phi) is 23.3. The fourth-order valence-corrected chi connectivity index (χ4v) is 7.09. The van der Waals surface area contributed by atoms with Crippen molar-refractivity contribution in [1.29, 1.82) is 0 Å². The summed E-state index contributed by atoms with van der Waals surface area (Å²) in [7, 11) is 0. The molecule has 0 saturated carbocycles. The number of anilines is 1. The van der Waals surface area contributed by atoms with Gasteiger partial charge in [-0.05, 0) is 90.9 Å². The molecule has 0 fully saturated rings. The topological polar surface area (TPSA) is 257 Å². The molecular formula is C55H53N3O17S. The molecular weight excluding hydrogens is 1010 g/mol. The van der Waals surface area contributed by atoms with Gasteiger partial charge in [0.15, 0.2) is 18.0 Å². The summed E-state index contributed by atoms with van der Waals surface area (Å²) < 4.78 is 49.5. The predicted molar refractivity (Wildman–Crippen MR) is 277 cm³/mol. The Hall–Kier alpha value is -9.24. The van der Waals surface area contributed by atoms with Gasteiger partial charge >= 0.3 is 41.8 Å². The summed E-state index contributed by atoms with van der Waals surface area (Å²) in [4.78, 5) is 102. The van der Waals surface area contributed by atoms with Gasteiger partial charge in [-0.15, -0.1) is 0 Å². The van der Waals surface area contributed by atoms with Crippen molar-refractivity contribution in [3.8, 4) is 17.2 Å². The number of hydrogen-bond acceptors (Lipinski definition) is 21. The van der Waals surface area contributed by atoms with Crippen LogP contribution in [0, 0.1) is 0 Å². The van der Waals surface area contributed by atoms with E-state index in [0.29, 0.717) is 22.0 Å². The molecule has 0 aliphatic rings. The van der Waals surface area contributed by atoms with E-state index in [1.165, 1.54) is 72.2 Å². The SMILES string of the molecule is C=CC(=O)CCCC(=O)OC(COC(=O)C=C)COc1ccc(C(=O)OCCc2ccc(OC(=O)c3ccc(OCC(COC(=O)C=C)OC(=O)CCOC(=O)C=C)cc3)c(/C=N/Nc3nc4ccccc4s3)c2)cc1. The van der Waals surface area contributed by atoms with Crippen LogP contribution in [0.15, 0.2) is 147 Å². The molecule has 1 aromatic heterocycles. The summed E-state index contributed by atoms with van der Waals surface area (Å²) in [6, 6.07) is 24.5. The van der Waals surface area contributed by atoms with Crippen LogP contribution in [0.1, 0.15) is 57.5 Å². The average molecular weight is 1060 g/mol. The van der Waals surface area contributed by atoms with E-state index < -0.39 is 54.0 Å². The number of hydrogen-bond donors (Lipinski definition) is 1. The van der Waals surface area contributed by atoms with Crippen molar-refractivity contribution >= 4 is 80.5 Å². The number of aromatic nitrogens is 1. The van der Waals surface area contributed by atoms with Crippen molar-refractivity contribution in [1.82, 2.24) is 4.98 Å². The predicted octanol–water partition coefficient (Wildman–Crippen LogP) is 7.45. The Balaban J connectivity index is 1.19. The van der Waals surface area contributed by atoms with E-state index in [4.69, 9.17) is 42.6 Å². The van der Waals surface area contributed by atoms with Gasteiger partial charge in [0.1, 0.15) is 50.3 Å². The minimum Gasteiger partial charge on any atom is -0.490 e. The minimum atomic E-state index is -1.05. The Bertz CT molecular complexity index is 2880. The van der Waals surface area contributed by atoms with Crippen molar-refractivity contribution in [3.63, 3.8) is 0 Å². The van der Waals surface area contributed by atoms with Gasteiger partial charge in [-0.3, -0.25) is 19.8 Å². The number of carbonyl (C=O) groups excluding carboxylic acids is 8. The highest BCUT2D eigenvalue weighted by atomic mass is 32.1. The lowest BCUT2D eigenvalue weighted by Gasteiger charge is -2.18. The summed E-state index contributed by atoms with van der Waals surface area (Å²) in [6.07, 6.45) is 3.79. The van der Waals surface area contributed by atoms with Gasteiger partial charge in [-0.25, -0.2) is 29.0 Å². The number of fused-ring (bicyclic) bond motifs is 1. The lowest BCUT2D eigenvalue weighted by atomic mass is 10.1. The fourth-order valence-electron chi connectivity index (χ4n) is 6.27. The van der Waals surface area contributed by atoms with Crippen LogP contribution in [-0.2, 0) is 63.6 Å². The Morgan fingerprint density at radius 3 is 1.78 bits per heavy atom. The van der Waals surface area contributed by atoms with Crippen molar-refractivity contribution < 1.29 is 81.0 Å². The summed E-state index contributed by atoms with van der Waals surface area (Å²) in [5.41, 5.74) is 5.18. The maximum Gasteiger partial charge on any atom is 0.343 e. The molecule has 396 valence electrons. The largest absolute Gasteiger partial charge is 0.490 e. The van der Waals surface area contributed by atoms with Crippen molar-refractivity contribution in [2.24, 2.45) is 5.10 Å². The first-order valence-electron chi connectivity index (χ1n) is 23.3. The Labute approximate surface area is 440 Å². The number of hydrazone groups is 1. The van der Waals surface area contributed by atoms with Crippen LogP contribution in [-0.4, -0.2) is 111 Å². The molecule has 0 spiro atoms. The number of ketones is 1. The van der Waals surface area contributed by atoms with Crippen LogP contribution in [0.5, 0.6) is 17.2 Å². The van der Waals surface area contributed by atoms with Gasteiger partial charge in [0.2, 0.25) is 5.13 Å². The van der Waals surface area contributed by atoms with Gasteiger partial charge in [-0.2, -0.15) is 5.10 Å². The van der Waals surface area contributed by atoms with E-state index in [0.717, 1.165) is 28.4 Å². The first-order chi connectivity index (χ1) is 36.7. The highest BCUT2D eigenvalue weighted by molar-refractivity contribution is 7.22. The molecule has 0 bridgehead atoms. The van der Waals surface area contributed by atoms with Crippen LogP contribution in [0.3, 0.4) is 0 Å². The highest BCUT2D eigenvalue weighted by Gasteiger charge is 2.21. The number of nitrogens with one attached hydrogen (secondary N) is 1. The zero-order valence-corrected chi connectivity index (χ0v) is 41.9. The minimum absolute atomic E-state index is 0.0280. The van der Waals surface area contributed by atoms with Gasteiger partial charge < -0.3 is 42.6 Å². The molecule has 1 N–H and O–H groups in total. The number of rotatable bonds is 32. The average Bonchev–Trinajstić information content (AvgIpc) is 3.85. The van der Waals surface area contributed by atoms with Crippen LogP contribution in [0.4, 0.5) is 5.13 Å². The van der Waals surface area contributed by atoms with Gasteiger partial charge in [0, 0.05) is 43.1 Å². The lowest BCUT2D eigenvalue weighted by molar-refractivity contribution is -0.160. The lowest BCUT2D eigenvalue weighted by Crippen LogP contribution is -2.31. The summed E-state index contributed by atoms with van der Waals surface area (Å²) in [5, 5.41) is 4.88. The quantitative estimate of drug-likeness (QED) is 0.0110. The van der Waals surface area contributed by atoms with E-state index in [2.05, 4.69) is 41.8 Å². The second-order valence-electron chi connectivity index (χ2n) is 15.7. The van der Waals surface area contributed by atoms with Crippen molar-refractivity contribution in [3.05, 3.63) is 164 Å². The monoisotopic (exact) mass is 1060 g/mol.